The lowest BCUT2D eigenvalue weighted by molar-refractivity contribution is 0.580. The van der Waals surface area contributed by atoms with Crippen LogP contribution in [0.5, 0.6) is 0 Å². The van der Waals surface area contributed by atoms with Gasteiger partial charge in [0.25, 0.3) is 10.0 Å². The van der Waals surface area contributed by atoms with Crippen molar-refractivity contribution in [1.29, 1.82) is 0 Å². The van der Waals surface area contributed by atoms with Gasteiger partial charge in [0.15, 0.2) is 5.82 Å². The predicted octanol–water partition coefficient (Wildman–Crippen LogP) is 2.52. The second-order valence-corrected chi connectivity index (χ2v) is 8.93. The summed E-state index contributed by atoms with van der Waals surface area (Å²) in [6.07, 6.45) is 0. The highest BCUT2D eigenvalue weighted by atomic mass is 35.5. The van der Waals surface area contributed by atoms with Crippen molar-refractivity contribution in [2.24, 2.45) is 0 Å². The van der Waals surface area contributed by atoms with Gasteiger partial charge in [0.2, 0.25) is 5.95 Å². The van der Waals surface area contributed by atoms with Crippen molar-refractivity contribution >= 4 is 44.3 Å². The maximum absolute atomic E-state index is 13.2. The molecule has 3 aromatic rings. The lowest BCUT2D eigenvalue weighted by Gasteiger charge is -2.29. The first kappa shape index (κ1) is 18.9. The maximum atomic E-state index is 13.2. The van der Waals surface area contributed by atoms with Crippen molar-refractivity contribution in [2.75, 3.05) is 42.4 Å². The van der Waals surface area contributed by atoms with Gasteiger partial charge < -0.3 is 10.2 Å². The molecule has 1 aromatic heterocycles. The first-order valence-corrected chi connectivity index (χ1v) is 10.8. The van der Waals surface area contributed by atoms with E-state index in [0.717, 1.165) is 26.2 Å². The van der Waals surface area contributed by atoms with Gasteiger partial charge in [-0.3, -0.25) is 4.31 Å². The molecule has 0 atom stereocenters. The maximum Gasteiger partial charge on any atom is 0.265 e. The van der Waals surface area contributed by atoms with Gasteiger partial charge in [0.1, 0.15) is 0 Å². The fourth-order valence-electron chi connectivity index (χ4n) is 3.17. The van der Waals surface area contributed by atoms with Gasteiger partial charge in [-0.05, 0) is 36.4 Å². The normalized spacial score (nSPS) is 15.0. The molecule has 0 unspecified atom stereocenters. The largest absolute Gasteiger partial charge is 0.338 e. The number of nitrogens with one attached hydrogen (secondary N) is 1. The highest BCUT2D eigenvalue weighted by molar-refractivity contribution is 7.92. The van der Waals surface area contributed by atoms with Crippen LogP contribution in [0.1, 0.15) is 0 Å². The van der Waals surface area contributed by atoms with Crippen molar-refractivity contribution in [3.05, 3.63) is 53.6 Å². The summed E-state index contributed by atoms with van der Waals surface area (Å²) in [5.41, 5.74) is 0.708. The van der Waals surface area contributed by atoms with Crippen LogP contribution >= 0.6 is 11.6 Å². The minimum atomic E-state index is -3.79. The van der Waals surface area contributed by atoms with Crippen LogP contribution in [-0.2, 0) is 10.0 Å². The fraction of sp³-hybridized carbons (Fsp3) is 0.263. The summed E-state index contributed by atoms with van der Waals surface area (Å²) in [5, 5.41) is 4.46. The Labute approximate surface area is 169 Å². The Bertz CT molecular complexity index is 1100. The Morgan fingerprint density at radius 1 is 1.04 bits per heavy atom. The number of rotatable bonds is 4. The number of hydrogen-bond donors (Lipinski definition) is 1. The van der Waals surface area contributed by atoms with E-state index in [4.69, 9.17) is 11.6 Å². The van der Waals surface area contributed by atoms with Gasteiger partial charge in [-0.15, -0.1) is 0 Å². The molecule has 1 saturated heterocycles. The van der Waals surface area contributed by atoms with Crippen LogP contribution in [0.2, 0.25) is 5.02 Å². The second-order valence-electron chi connectivity index (χ2n) is 6.53. The number of halogens is 1. The van der Waals surface area contributed by atoms with E-state index in [1.165, 1.54) is 23.5 Å². The van der Waals surface area contributed by atoms with E-state index in [0.29, 0.717) is 27.7 Å². The Morgan fingerprint density at radius 2 is 1.71 bits per heavy atom. The number of nitrogens with zero attached hydrogens (tertiary/aromatic N) is 4. The zero-order chi connectivity index (χ0) is 19.7. The topological polar surface area (TPSA) is 78.4 Å². The standard InChI is InChI=1S/C19H20ClN5O2S/c1-24(28(26,27)15-8-6-14(20)7-9-15)18-16-4-2-3-5-17(16)22-19(23-18)25-12-10-21-11-13-25/h2-9,21H,10-13H2,1H3. The lowest BCUT2D eigenvalue weighted by Crippen LogP contribution is -2.44. The van der Waals surface area contributed by atoms with Crippen LogP contribution in [0.25, 0.3) is 10.9 Å². The third-order valence-electron chi connectivity index (χ3n) is 4.74. The van der Waals surface area contributed by atoms with E-state index in [9.17, 15) is 8.42 Å². The van der Waals surface area contributed by atoms with E-state index in [2.05, 4.69) is 20.2 Å². The molecule has 1 aliphatic rings. The van der Waals surface area contributed by atoms with Gasteiger partial charge in [-0.25, -0.2) is 13.4 Å². The van der Waals surface area contributed by atoms with Crippen LogP contribution in [0.4, 0.5) is 11.8 Å². The summed E-state index contributed by atoms with van der Waals surface area (Å²) in [7, 11) is -2.28. The number of piperazine rings is 1. The number of aromatic nitrogens is 2. The zero-order valence-electron chi connectivity index (χ0n) is 15.3. The third-order valence-corrected chi connectivity index (χ3v) is 6.76. The van der Waals surface area contributed by atoms with Crippen molar-refractivity contribution in [2.45, 2.75) is 4.90 Å². The molecule has 0 spiro atoms. The predicted molar refractivity (Wildman–Crippen MR) is 112 cm³/mol. The molecule has 0 radical (unpaired) electrons. The van der Waals surface area contributed by atoms with Crippen molar-refractivity contribution in [3.8, 4) is 0 Å². The molecular weight excluding hydrogens is 398 g/mol. The molecule has 0 amide bonds. The van der Waals surface area contributed by atoms with Crippen LogP contribution in [0.15, 0.2) is 53.4 Å². The molecule has 1 fully saturated rings. The number of hydrogen-bond acceptors (Lipinski definition) is 6. The van der Waals surface area contributed by atoms with Crippen molar-refractivity contribution < 1.29 is 8.42 Å². The summed E-state index contributed by atoms with van der Waals surface area (Å²) >= 11 is 5.90. The van der Waals surface area contributed by atoms with Crippen molar-refractivity contribution in [3.63, 3.8) is 0 Å². The summed E-state index contributed by atoms with van der Waals surface area (Å²) in [5.74, 6) is 0.891. The Hall–Kier alpha value is -2.42. The molecule has 2 aromatic carbocycles. The number of anilines is 2. The summed E-state index contributed by atoms with van der Waals surface area (Å²) in [6, 6.07) is 13.5. The number of para-hydroxylation sites is 1. The summed E-state index contributed by atoms with van der Waals surface area (Å²) in [4.78, 5) is 11.5. The molecule has 2 heterocycles. The molecule has 1 N–H and O–H groups in total. The molecule has 146 valence electrons. The van der Waals surface area contributed by atoms with Crippen LogP contribution < -0.4 is 14.5 Å². The van der Waals surface area contributed by atoms with E-state index in [1.807, 2.05) is 24.3 Å². The summed E-state index contributed by atoms with van der Waals surface area (Å²) < 4.78 is 27.6. The van der Waals surface area contributed by atoms with E-state index in [1.54, 1.807) is 12.1 Å². The first-order chi connectivity index (χ1) is 13.5. The highest BCUT2D eigenvalue weighted by Gasteiger charge is 2.26. The van der Waals surface area contributed by atoms with Crippen molar-refractivity contribution in [1.82, 2.24) is 15.3 Å². The monoisotopic (exact) mass is 417 g/mol. The Balaban J connectivity index is 1.83. The van der Waals surface area contributed by atoms with Gasteiger partial charge in [0.05, 0.1) is 10.4 Å². The van der Waals surface area contributed by atoms with Crippen LogP contribution in [-0.4, -0.2) is 51.6 Å². The van der Waals surface area contributed by atoms with E-state index >= 15 is 0 Å². The Kier molecular flexibility index (Phi) is 5.09. The highest BCUT2D eigenvalue weighted by Crippen LogP contribution is 2.30. The zero-order valence-corrected chi connectivity index (χ0v) is 16.9. The molecule has 4 rings (SSSR count). The first-order valence-electron chi connectivity index (χ1n) is 8.94. The lowest BCUT2D eigenvalue weighted by atomic mass is 10.2. The van der Waals surface area contributed by atoms with Crippen LogP contribution in [0.3, 0.4) is 0 Å². The van der Waals surface area contributed by atoms with E-state index < -0.39 is 10.0 Å². The molecule has 0 aliphatic carbocycles. The van der Waals surface area contributed by atoms with Gasteiger partial charge in [-0.2, -0.15) is 4.98 Å². The van der Waals surface area contributed by atoms with Gasteiger partial charge in [-0.1, -0.05) is 23.7 Å². The molecule has 9 heteroatoms. The third kappa shape index (κ3) is 3.50. The average molecular weight is 418 g/mol. The Morgan fingerprint density at radius 3 is 2.43 bits per heavy atom. The van der Waals surface area contributed by atoms with Gasteiger partial charge in [0, 0.05) is 43.6 Å². The van der Waals surface area contributed by atoms with Crippen LogP contribution in [0, 0.1) is 0 Å². The minimum Gasteiger partial charge on any atom is -0.338 e. The molecule has 7 nitrogen and oxygen atoms in total. The minimum absolute atomic E-state index is 0.158. The number of fused-ring (bicyclic) bond motifs is 1. The molecular formula is C19H20ClN5O2S. The number of sulfonamides is 1. The molecule has 28 heavy (non-hydrogen) atoms. The molecule has 0 bridgehead atoms. The second kappa shape index (κ2) is 7.54. The average Bonchev–Trinajstić information content (AvgIpc) is 2.73. The molecule has 0 saturated carbocycles. The SMILES string of the molecule is CN(c1nc(N2CCNCC2)nc2ccccc12)S(=O)(=O)c1ccc(Cl)cc1. The quantitative estimate of drug-likeness (QED) is 0.702. The smallest absolute Gasteiger partial charge is 0.265 e. The van der Waals surface area contributed by atoms with Gasteiger partial charge >= 0.3 is 0 Å². The molecule has 1 aliphatic heterocycles. The summed E-state index contributed by atoms with van der Waals surface area (Å²) in [6.45, 7) is 3.21. The number of benzene rings is 2. The fourth-order valence-corrected chi connectivity index (χ4v) is 4.46. The van der Waals surface area contributed by atoms with E-state index in [-0.39, 0.29) is 4.90 Å².